The monoisotopic (exact) mass is 277 g/mol. The molecule has 1 aromatic carbocycles. The van der Waals surface area contributed by atoms with Crippen LogP contribution in [0.5, 0.6) is 11.5 Å². The van der Waals surface area contributed by atoms with E-state index < -0.39 is 5.97 Å². The van der Waals surface area contributed by atoms with E-state index in [4.69, 9.17) is 19.0 Å². The van der Waals surface area contributed by atoms with Crippen molar-refractivity contribution in [2.24, 2.45) is 0 Å². The number of oxazole rings is 1. The van der Waals surface area contributed by atoms with Gasteiger partial charge in [0, 0.05) is 0 Å². The van der Waals surface area contributed by atoms with E-state index in [1.165, 1.54) is 0 Å². The van der Waals surface area contributed by atoms with Gasteiger partial charge in [-0.15, -0.1) is 0 Å². The van der Waals surface area contributed by atoms with Crippen molar-refractivity contribution in [3.05, 3.63) is 41.6 Å². The number of carbonyl (C=O) groups is 1. The number of carboxylic acid groups (broad SMARTS) is 1. The summed E-state index contributed by atoms with van der Waals surface area (Å²) in [6.45, 7) is 1.79. The second-order valence-corrected chi connectivity index (χ2v) is 4.12. The molecule has 0 saturated carbocycles. The van der Waals surface area contributed by atoms with Crippen LogP contribution in [-0.2, 0) is 17.8 Å². The van der Waals surface area contributed by atoms with Crippen molar-refractivity contribution < 1.29 is 23.8 Å². The minimum absolute atomic E-state index is 0.112. The first-order valence-corrected chi connectivity index (χ1v) is 6.03. The number of ether oxygens (including phenoxy) is 2. The molecule has 1 N–H and O–H groups in total. The minimum Gasteiger partial charge on any atom is -0.493 e. The highest BCUT2D eigenvalue weighted by atomic mass is 16.5. The number of rotatable bonds is 6. The molecule has 6 nitrogen and oxygen atoms in total. The summed E-state index contributed by atoms with van der Waals surface area (Å²) in [4.78, 5) is 14.8. The normalized spacial score (nSPS) is 10.3. The summed E-state index contributed by atoms with van der Waals surface area (Å²) >= 11 is 0. The van der Waals surface area contributed by atoms with Gasteiger partial charge in [-0.25, -0.2) is 4.98 Å². The molecule has 0 aliphatic carbocycles. The maximum absolute atomic E-state index is 10.7. The smallest absolute Gasteiger partial charge is 0.309 e. The van der Waals surface area contributed by atoms with Crippen molar-refractivity contribution in [3.63, 3.8) is 0 Å². The third-order valence-corrected chi connectivity index (χ3v) is 2.68. The molecule has 20 heavy (non-hydrogen) atoms. The van der Waals surface area contributed by atoms with Crippen LogP contribution in [0.1, 0.15) is 17.3 Å². The quantitative estimate of drug-likeness (QED) is 0.871. The van der Waals surface area contributed by atoms with Gasteiger partial charge >= 0.3 is 5.97 Å². The third-order valence-electron chi connectivity index (χ3n) is 2.68. The standard InChI is InChI=1S/C14H15NO5/c1-9-10(7-14(16)17)15-13(20-9)8-19-12-6-4-3-5-11(12)18-2/h3-6H,7-8H2,1-2H3,(H,16,17). The number of aromatic nitrogens is 1. The fraction of sp³-hybridized carbons (Fsp3) is 0.286. The highest BCUT2D eigenvalue weighted by molar-refractivity contribution is 5.69. The van der Waals surface area contributed by atoms with E-state index >= 15 is 0 Å². The fourth-order valence-corrected chi connectivity index (χ4v) is 1.73. The van der Waals surface area contributed by atoms with Crippen LogP contribution >= 0.6 is 0 Å². The average Bonchev–Trinajstić information content (AvgIpc) is 2.76. The van der Waals surface area contributed by atoms with Gasteiger partial charge in [0.2, 0.25) is 5.89 Å². The molecular weight excluding hydrogens is 262 g/mol. The number of carboxylic acids is 1. The maximum Gasteiger partial charge on any atom is 0.309 e. The van der Waals surface area contributed by atoms with Crippen LogP contribution in [0, 0.1) is 6.92 Å². The van der Waals surface area contributed by atoms with Gasteiger partial charge in [0.25, 0.3) is 0 Å². The Labute approximate surface area is 116 Å². The predicted octanol–water partition coefficient (Wildman–Crippen LogP) is 2.20. The molecule has 0 amide bonds. The highest BCUT2D eigenvalue weighted by Gasteiger charge is 2.13. The molecule has 0 radical (unpaired) electrons. The molecule has 0 unspecified atom stereocenters. The Morgan fingerprint density at radius 2 is 2.05 bits per heavy atom. The summed E-state index contributed by atoms with van der Waals surface area (Å²) in [6.07, 6.45) is -0.163. The third kappa shape index (κ3) is 3.28. The molecule has 0 atom stereocenters. The van der Waals surface area contributed by atoms with E-state index in [2.05, 4.69) is 4.98 Å². The Hall–Kier alpha value is -2.50. The molecule has 0 spiro atoms. The predicted molar refractivity (Wildman–Crippen MR) is 69.9 cm³/mol. The lowest BCUT2D eigenvalue weighted by atomic mass is 10.3. The number of methoxy groups -OCH3 is 1. The minimum atomic E-state index is -0.946. The van der Waals surface area contributed by atoms with Gasteiger partial charge in [0.15, 0.2) is 18.1 Å². The van der Waals surface area contributed by atoms with Crippen LogP contribution in [0.4, 0.5) is 0 Å². The van der Waals surface area contributed by atoms with Gasteiger partial charge < -0.3 is 19.0 Å². The number of hydrogen-bond donors (Lipinski definition) is 1. The number of para-hydroxylation sites is 2. The van der Waals surface area contributed by atoms with Gasteiger partial charge in [0.05, 0.1) is 19.2 Å². The van der Waals surface area contributed by atoms with E-state index in [1.807, 2.05) is 12.1 Å². The van der Waals surface area contributed by atoms with Crippen LogP contribution in [-0.4, -0.2) is 23.2 Å². The summed E-state index contributed by atoms with van der Waals surface area (Å²) in [5.74, 6) is 1.07. The number of aryl methyl sites for hydroxylation is 1. The summed E-state index contributed by atoms with van der Waals surface area (Å²) < 4.78 is 16.1. The molecular formula is C14H15NO5. The van der Waals surface area contributed by atoms with E-state index in [-0.39, 0.29) is 13.0 Å². The zero-order valence-electron chi connectivity index (χ0n) is 11.3. The van der Waals surface area contributed by atoms with Crippen molar-refractivity contribution in [3.8, 4) is 11.5 Å². The molecule has 1 heterocycles. The summed E-state index contributed by atoms with van der Waals surface area (Å²) in [5, 5.41) is 8.75. The lowest BCUT2D eigenvalue weighted by Gasteiger charge is -2.08. The molecule has 0 fully saturated rings. The van der Waals surface area contributed by atoms with Crippen LogP contribution in [0.3, 0.4) is 0 Å². The van der Waals surface area contributed by atoms with E-state index in [0.717, 1.165) is 0 Å². The lowest BCUT2D eigenvalue weighted by molar-refractivity contribution is -0.136. The summed E-state index contributed by atoms with van der Waals surface area (Å²) in [5.41, 5.74) is 0.413. The fourth-order valence-electron chi connectivity index (χ4n) is 1.73. The Morgan fingerprint density at radius 1 is 1.35 bits per heavy atom. The molecule has 106 valence electrons. The lowest BCUT2D eigenvalue weighted by Crippen LogP contribution is -2.02. The summed E-state index contributed by atoms with van der Waals surface area (Å²) in [7, 11) is 1.56. The number of aliphatic carboxylic acids is 1. The van der Waals surface area contributed by atoms with E-state index in [9.17, 15) is 4.79 Å². The molecule has 0 aliphatic heterocycles. The SMILES string of the molecule is COc1ccccc1OCc1nc(CC(=O)O)c(C)o1. The van der Waals surface area contributed by atoms with E-state index in [0.29, 0.717) is 28.8 Å². The van der Waals surface area contributed by atoms with E-state index in [1.54, 1.807) is 26.2 Å². The zero-order chi connectivity index (χ0) is 14.5. The van der Waals surface area contributed by atoms with Crippen molar-refractivity contribution in [1.82, 2.24) is 4.98 Å². The first-order chi connectivity index (χ1) is 9.60. The molecule has 0 saturated heterocycles. The Morgan fingerprint density at radius 3 is 2.70 bits per heavy atom. The zero-order valence-corrected chi connectivity index (χ0v) is 11.3. The van der Waals surface area contributed by atoms with Gasteiger partial charge in [-0.2, -0.15) is 0 Å². The van der Waals surface area contributed by atoms with Gasteiger partial charge in [0.1, 0.15) is 5.76 Å². The average molecular weight is 277 g/mol. The Balaban J connectivity index is 2.05. The number of hydrogen-bond acceptors (Lipinski definition) is 5. The van der Waals surface area contributed by atoms with Crippen LogP contribution < -0.4 is 9.47 Å². The van der Waals surface area contributed by atoms with Gasteiger partial charge in [-0.3, -0.25) is 4.79 Å². The molecule has 0 aliphatic rings. The topological polar surface area (TPSA) is 81.8 Å². The van der Waals surface area contributed by atoms with Gasteiger partial charge in [-0.1, -0.05) is 12.1 Å². The van der Waals surface area contributed by atoms with Gasteiger partial charge in [-0.05, 0) is 19.1 Å². The number of benzene rings is 1. The molecule has 2 rings (SSSR count). The number of nitrogens with zero attached hydrogens (tertiary/aromatic N) is 1. The second kappa shape index (κ2) is 6.10. The molecule has 2 aromatic rings. The molecule has 1 aromatic heterocycles. The molecule has 0 bridgehead atoms. The Kier molecular flexibility index (Phi) is 4.24. The van der Waals surface area contributed by atoms with Crippen LogP contribution in [0.15, 0.2) is 28.7 Å². The van der Waals surface area contributed by atoms with Crippen molar-refractivity contribution in [2.75, 3.05) is 7.11 Å². The first kappa shape index (κ1) is 13.9. The van der Waals surface area contributed by atoms with Crippen molar-refractivity contribution in [1.29, 1.82) is 0 Å². The second-order valence-electron chi connectivity index (χ2n) is 4.12. The van der Waals surface area contributed by atoms with Crippen molar-refractivity contribution in [2.45, 2.75) is 20.0 Å². The van der Waals surface area contributed by atoms with Crippen molar-refractivity contribution >= 4 is 5.97 Å². The Bertz CT molecular complexity index is 605. The van der Waals surface area contributed by atoms with Crippen LogP contribution in [0.25, 0.3) is 0 Å². The molecule has 6 heteroatoms. The maximum atomic E-state index is 10.7. The largest absolute Gasteiger partial charge is 0.493 e. The highest BCUT2D eigenvalue weighted by Crippen LogP contribution is 2.26. The first-order valence-electron chi connectivity index (χ1n) is 6.03. The van der Waals surface area contributed by atoms with Crippen LogP contribution in [0.2, 0.25) is 0 Å². The summed E-state index contributed by atoms with van der Waals surface area (Å²) in [6, 6.07) is 7.22.